The molecule has 2 heterocycles. The summed E-state index contributed by atoms with van der Waals surface area (Å²) < 4.78 is 11.2. The van der Waals surface area contributed by atoms with Crippen molar-refractivity contribution >= 4 is 11.5 Å². The van der Waals surface area contributed by atoms with Gasteiger partial charge in [0.05, 0.1) is 18.5 Å². The Morgan fingerprint density at radius 1 is 1.48 bits per heavy atom. The maximum absolute atomic E-state index is 5.90. The van der Waals surface area contributed by atoms with Crippen molar-refractivity contribution < 1.29 is 9.15 Å². The van der Waals surface area contributed by atoms with Crippen molar-refractivity contribution in [3.63, 3.8) is 0 Å². The van der Waals surface area contributed by atoms with Gasteiger partial charge in [-0.25, -0.2) is 4.98 Å². The fourth-order valence-corrected chi connectivity index (χ4v) is 1.98. The van der Waals surface area contributed by atoms with Gasteiger partial charge < -0.3 is 20.2 Å². The number of aromatic nitrogens is 2. The van der Waals surface area contributed by atoms with Crippen molar-refractivity contribution in [3.05, 3.63) is 30.0 Å². The van der Waals surface area contributed by atoms with E-state index in [4.69, 9.17) is 14.9 Å². The van der Waals surface area contributed by atoms with Crippen LogP contribution in [0, 0.1) is 12.8 Å². The molecule has 6 heteroatoms. The van der Waals surface area contributed by atoms with Gasteiger partial charge in [0.1, 0.15) is 17.6 Å². The Hall–Kier alpha value is -2.24. The van der Waals surface area contributed by atoms with Crippen molar-refractivity contribution in [2.75, 3.05) is 17.7 Å². The highest BCUT2D eigenvalue weighted by atomic mass is 16.5. The quantitative estimate of drug-likeness (QED) is 0.850. The van der Waals surface area contributed by atoms with E-state index in [1.54, 1.807) is 12.3 Å². The van der Waals surface area contributed by atoms with Gasteiger partial charge in [0.2, 0.25) is 11.8 Å². The lowest BCUT2D eigenvalue weighted by Gasteiger charge is -2.13. The van der Waals surface area contributed by atoms with Gasteiger partial charge in [0.25, 0.3) is 0 Å². The molecule has 1 aliphatic carbocycles. The zero-order valence-corrected chi connectivity index (χ0v) is 12.3. The second kappa shape index (κ2) is 5.63. The van der Waals surface area contributed by atoms with Crippen molar-refractivity contribution in [1.29, 1.82) is 0 Å². The van der Waals surface area contributed by atoms with Crippen molar-refractivity contribution in [2.45, 2.75) is 32.7 Å². The van der Waals surface area contributed by atoms with E-state index in [2.05, 4.69) is 15.3 Å². The van der Waals surface area contributed by atoms with Crippen molar-refractivity contribution in [1.82, 2.24) is 9.97 Å². The molecule has 0 amide bonds. The third-order valence-electron chi connectivity index (χ3n) is 3.42. The maximum atomic E-state index is 5.90. The van der Waals surface area contributed by atoms with Crippen molar-refractivity contribution in [3.8, 4) is 5.88 Å². The second-order valence-corrected chi connectivity index (χ2v) is 5.52. The topological polar surface area (TPSA) is 86.2 Å². The van der Waals surface area contributed by atoms with Crippen LogP contribution < -0.4 is 15.8 Å². The molecule has 3 N–H and O–H groups in total. The van der Waals surface area contributed by atoms with Gasteiger partial charge in [-0.2, -0.15) is 4.98 Å². The molecule has 1 aliphatic rings. The minimum Gasteiger partial charge on any atom is -0.476 e. The lowest BCUT2D eigenvalue weighted by Crippen LogP contribution is -2.10. The van der Waals surface area contributed by atoms with Crippen molar-refractivity contribution in [2.24, 2.45) is 5.92 Å². The predicted molar refractivity (Wildman–Crippen MR) is 80.1 cm³/mol. The Morgan fingerprint density at radius 3 is 2.95 bits per heavy atom. The zero-order valence-electron chi connectivity index (χ0n) is 12.3. The fourth-order valence-electron chi connectivity index (χ4n) is 1.98. The van der Waals surface area contributed by atoms with Crippen LogP contribution in [-0.2, 0) is 0 Å². The summed E-state index contributed by atoms with van der Waals surface area (Å²) in [5.74, 6) is 3.27. The predicted octanol–water partition coefficient (Wildman–Crippen LogP) is 2.92. The molecule has 1 fully saturated rings. The Bertz CT molecular complexity index is 622. The number of anilines is 2. The fraction of sp³-hybridized carbons (Fsp3) is 0.467. The summed E-state index contributed by atoms with van der Waals surface area (Å²) in [6.45, 7) is 4.53. The molecule has 6 nitrogen and oxygen atoms in total. The summed E-state index contributed by atoms with van der Waals surface area (Å²) in [4.78, 5) is 8.62. The van der Waals surface area contributed by atoms with Crippen LogP contribution in [0.25, 0.3) is 0 Å². The number of nitrogens with zero attached hydrogens (tertiary/aromatic N) is 2. The van der Waals surface area contributed by atoms with E-state index in [-0.39, 0.29) is 6.04 Å². The Kier molecular flexibility index (Phi) is 3.68. The van der Waals surface area contributed by atoms with Crippen LogP contribution in [0.2, 0.25) is 0 Å². The van der Waals surface area contributed by atoms with Gasteiger partial charge in [0.15, 0.2) is 0 Å². The third kappa shape index (κ3) is 3.45. The number of ether oxygens (including phenoxy) is 1. The van der Waals surface area contributed by atoms with Gasteiger partial charge in [-0.1, -0.05) is 0 Å². The highest BCUT2D eigenvalue weighted by Crippen LogP contribution is 2.31. The lowest BCUT2D eigenvalue weighted by atomic mass is 10.3. The molecule has 1 saturated carbocycles. The first kappa shape index (κ1) is 13.7. The molecular formula is C15H20N4O2. The maximum Gasteiger partial charge on any atom is 0.239 e. The van der Waals surface area contributed by atoms with Crippen LogP contribution in [0.1, 0.15) is 37.5 Å². The summed E-state index contributed by atoms with van der Waals surface area (Å²) in [6, 6.07) is 3.54. The summed E-state index contributed by atoms with van der Waals surface area (Å²) >= 11 is 0. The van der Waals surface area contributed by atoms with Crippen LogP contribution in [0.3, 0.4) is 0 Å². The molecule has 3 rings (SSSR count). The average molecular weight is 288 g/mol. The number of nitrogens with two attached hydrogens (primary N) is 1. The van der Waals surface area contributed by atoms with Gasteiger partial charge >= 0.3 is 0 Å². The van der Waals surface area contributed by atoms with E-state index in [1.165, 1.54) is 12.8 Å². The minimum absolute atomic E-state index is 0.0777. The summed E-state index contributed by atoms with van der Waals surface area (Å²) in [6.07, 6.45) is 4.17. The molecule has 1 unspecified atom stereocenters. The van der Waals surface area contributed by atoms with Gasteiger partial charge in [-0.15, -0.1) is 0 Å². The average Bonchev–Trinajstić information content (AvgIpc) is 3.19. The normalized spacial score (nSPS) is 15.7. The number of nitrogens with one attached hydrogen (secondary N) is 1. The SMILES string of the molecule is Cc1cnc(C(C)Nc2ccc(N)c(OCC3CC3)n2)o1. The van der Waals surface area contributed by atoms with Crippen LogP contribution in [-0.4, -0.2) is 16.6 Å². The van der Waals surface area contributed by atoms with Crippen LogP contribution in [0.5, 0.6) is 5.88 Å². The Labute approximate surface area is 123 Å². The van der Waals surface area contributed by atoms with E-state index in [1.807, 2.05) is 19.9 Å². The molecule has 0 bridgehead atoms. The number of hydrogen-bond donors (Lipinski definition) is 2. The number of nitrogen functional groups attached to an aromatic ring is 1. The summed E-state index contributed by atoms with van der Waals surface area (Å²) in [5.41, 5.74) is 6.45. The number of aryl methyl sites for hydroxylation is 1. The van der Waals surface area contributed by atoms with Gasteiger partial charge in [0, 0.05) is 0 Å². The molecule has 0 aromatic carbocycles. The molecule has 112 valence electrons. The monoisotopic (exact) mass is 288 g/mol. The lowest BCUT2D eigenvalue weighted by molar-refractivity contribution is 0.290. The Morgan fingerprint density at radius 2 is 2.29 bits per heavy atom. The number of hydrogen-bond acceptors (Lipinski definition) is 6. The van der Waals surface area contributed by atoms with Gasteiger partial charge in [-0.3, -0.25) is 0 Å². The molecular weight excluding hydrogens is 268 g/mol. The van der Waals surface area contributed by atoms with E-state index in [9.17, 15) is 0 Å². The molecule has 0 aliphatic heterocycles. The summed E-state index contributed by atoms with van der Waals surface area (Å²) in [7, 11) is 0. The third-order valence-corrected chi connectivity index (χ3v) is 3.42. The van der Waals surface area contributed by atoms with E-state index in [0.29, 0.717) is 35.8 Å². The smallest absolute Gasteiger partial charge is 0.239 e. The molecule has 0 radical (unpaired) electrons. The molecule has 0 saturated heterocycles. The number of pyridine rings is 1. The first-order valence-corrected chi connectivity index (χ1v) is 7.20. The highest BCUT2D eigenvalue weighted by Gasteiger charge is 2.22. The number of rotatable bonds is 6. The van der Waals surface area contributed by atoms with Crippen LogP contribution >= 0.6 is 0 Å². The van der Waals surface area contributed by atoms with Gasteiger partial charge in [-0.05, 0) is 44.7 Å². The molecule has 21 heavy (non-hydrogen) atoms. The summed E-state index contributed by atoms with van der Waals surface area (Å²) in [5, 5.41) is 3.24. The Balaban J connectivity index is 1.67. The standard InChI is InChI=1S/C15H20N4O2/c1-9-7-17-14(21-9)10(2)18-13-6-5-12(16)15(19-13)20-8-11-3-4-11/h5-7,10-11H,3-4,8,16H2,1-2H3,(H,18,19). The van der Waals surface area contributed by atoms with Crippen LogP contribution in [0.15, 0.2) is 22.7 Å². The van der Waals surface area contributed by atoms with E-state index in [0.717, 1.165) is 5.76 Å². The molecule has 2 aromatic heterocycles. The van der Waals surface area contributed by atoms with E-state index >= 15 is 0 Å². The largest absolute Gasteiger partial charge is 0.476 e. The minimum atomic E-state index is -0.0777. The van der Waals surface area contributed by atoms with Crippen LogP contribution in [0.4, 0.5) is 11.5 Å². The van der Waals surface area contributed by atoms with E-state index < -0.39 is 0 Å². The highest BCUT2D eigenvalue weighted by molar-refractivity contribution is 5.54. The molecule has 0 spiro atoms. The first-order chi connectivity index (χ1) is 10.1. The number of oxazole rings is 1. The second-order valence-electron chi connectivity index (χ2n) is 5.52. The zero-order chi connectivity index (χ0) is 14.8. The molecule has 1 atom stereocenters. The molecule has 2 aromatic rings. The first-order valence-electron chi connectivity index (χ1n) is 7.20.